The highest BCUT2D eigenvalue weighted by atomic mass is 35.5. The number of sulfonamides is 1. The van der Waals surface area contributed by atoms with Crippen molar-refractivity contribution in [2.75, 3.05) is 37.0 Å². The molecule has 6 nitrogen and oxygen atoms in total. The Morgan fingerprint density at radius 1 is 1.11 bits per heavy atom. The Labute approximate surface area is 173 Å². The van der Waals surface area contributed by atoms with E-state index in [1.807, 2.05) is 18.2 Å². The van der Waals surface area contributed by atoms with Gasteiger partial charge in [-0.2, -0.15) is 4.31 Å². The zero-order chi connectivity index (χ0) is 19.7. The summed E-state index contributed by atoms with van der Waals surface area (Å²) in [6.07, 6.45) is 0. The van der Waals surface area contributed by atoms with Crippen molar-refractivity contribution in [3.8, 4) is 0 Å². The van der Waals surface area contributed by atoms with Gasteiger partial charge in [0.1, 0.15) is 0 Å². The Morgan fingerprint density at radius 3 is 2.61 bits per heavy atom. The summed E-state index contributed by atoms with van der Waals surface area (Å²) in [7, 11) is -3.64. The van der Waals surface area contributed by atoms with E-state index in [2.05, 4.69) is 0 Å². The summed E-state index contributed by atoms with van der Waals surface area (Å²) in [5.41, 5.74) is 1.42. The van der Waals surface area contributed by atoms with Crippen molar-refractivity contribution in [1.82, 2.24) is 4.31 Å². The maximum atomic E-state index is 13.0. The minimum Gasteiger partial charge on any atom is -0.379 e. The van der Waals surface area contributed by atoms with Gasteiger partial charge in [-0.05, 0) is 29.8 Å². The number of morpholine rings is 1. The van der Waals surface area contributed by atoms with Crippen LogP contribution >= 0.6 is 23.4 Å². The van der Waals surface area contributed by atoms with Crippen LogP contribution in [-0.2, 0) is 26.1 Å². The summed E-state index contributed by atoms with van der Waals surface area (Å²) < 4.78 is 32.7. The SMILES string of the molecule is O=C1CSc2ccc(S(=O)(=O)N3CCOCC3)cc2N1Cc1ccccc1Cl. The van der Waals surface area contributed by atoms with Crippen molar-refractivity contribution >= 4 is 45.0 Å². The van der Waals surface area contributed by atoms with Crippen molar-refractivity contribution in [2.45, 2.75) is 16.3 Å². The lowest BCUT2D eigenvalue weighted by Gasteiger charge is -2.31. The first kappa shape index (κ1) is 19.7. The molecule has 0 atom stereocenters. The topological polar surface area (TPSA) is 66.9 Å². The molecule has 4 rings (SSSR count). The van der Waals surface area contributed by atoms with E-state index in [0.717, 1.165) is 10.5 Å². The van der Waals surface area contributed by atoms with E-state index >= 15 is 0 Å². The van der Waals surface area contributed by atoms with Gasteiger partial charge < -0.3 is 9.64 Å². The summed E-state index contributed by atoms with van der Waals surface area (Å²) >= 11 is 7.68. The molecule has 0 saturated carbocycles. The van der Waals surface area contributed by atoms with Gasteiger partial charge in [-0.3, -0.25) is 4.79 Å². The molecule has 148 valence electrons. The largest absolute Gasteiger partial charge is 0.379 e. The minimum atomic E-state index is -3.64. The van der Waals surface area contributed by atoms with Gasteiger partial charge in [0, 0.05) is 23.0 Å². The van der Waals surface area contributed by atoms with Gasteiger partial charge in [0.2, 0.25) is 15.9 Å². The number of carbonyl (C=O) groups excluding carboxylic acids is 1. The van der Waals surface area contributed by atoms with Gasteiger partial charge in [-0.15, -0.1) is 11.8 Å². The quantitative estimate of drug-likeness (QED) is 0.734. The number of carbonyl (C=O) groups is 1. The minimum absolute atomic E-state index is 0.0710. The molecule has 2 heterocycles. The van der Waals surface area contributed by atoms with Crippen LogP contribution in [0.1, 0.15) is 5.56 Å². The van der Waals surface area contributed by atoms with Crippen LogP contribution in [0.4, 0.5) is 5.69 Å². The highest BCUT2D eigenvalue weighted by molar-refractivity contribution is 8.00. The molecule has 2 aromatic carbocycles. The van der Waals surface area contributed by atoms with Crippen LogP contribution in [0.5, 0.6) is 0 Å². The zero-order valence-electron chi connectivity index (χ0n) is 15.0. The molecule has 2 aliphatic heterocycles. The third-order valence-electron chi connectivity index (χ3n) is 4.77. The van der Waals surface area contributed by atoms with Gasteiger partial charge >= 0.3 is 0 Å². The average Bonchev–Trinajstić information content (AvgIpc) is 2.72. The first-order valence-corrected chi connectivity index (χ1v) is 11.7. The average molecular weight is 439 g/mol. The number of benzene rings is 2. The molecule has 0 spiro atoms. The molecule has 1 saturated heterocycles. The predicted octanol–water partition coefficient (Wildman–Crippen LogP) is 3.00. The summed E-state index contributed by atoms with van der Waals surface area (Å²) in [6.45, 7) is 1.73. The fraction of sp³-hybridized carbons (Fsp3) is 0.316. The van der Waals surface area contributed by atoms with Gasteiger partial charge in [-0.25, -0.2) is 8.42 Å². The second-order valence-corrected chi connectivity index (χ2v) is 9.87. The van der Waals surface area contributed by atoms with E-state index < -0.39 is 10.0 Å². The number of halogens is 1. The molecule has 0 N–H and O–H groups in total. The zero-order valence-corrected chi connectivity index (χ0v) is 17.4. The number of nitrogens with zero attached hydrogens (tertiary/aromatic N) is 2. The molecule has 0 aliphatic carbocycles. The fourth-order valence-corrected chi connectivity index (χ4v) is 5.79. The molecule has 0 aromatic heterocycles. The molecular weight excluding hydrogens is 420 g/mol. The summed E-state index contributed by atoms with van der Waals surface area (Å²) in [4.78, 5) is 15.3. The summed E-state index contributed by atoms with van der Waals surface area (Å²) in [5, 5.41) is 0.576. The Balaban J connectivity index is 1.70. The van der Waals surface area contributed by atoms with E-state index in [4.69, 9.17) is 16.3 Å². The Bertz CT molecular complexity index is 1010. The van der Waals surface area contributed by atoms with Gasteiger partial charge in [0.25, 0.3) is 0 Å². The lowest BCUT2D eigenvalue weighted by Crippen LogP contribution is -2.41. The molecule has 0 unspecified atom stereocenters. The van der Waals surface area contributed by atoms with Crippen LogP contribution in [0.2, 0.25) is 5.02 Å². The van der Waals surface area contributed by atoms with Crippen molar-refractivity contribution in [1.29, 1.82) is 0 Å². The molecule has 1 fully saturated rings. The van der Waals surface area contributed by atoms with Crippen LogP contribution in [-0.4, -0.2) is 50.7 Å². The normalized spacial score (nSPS) is 18.2. The molecular formula is C19H19ClN2O4S2. The van der Waals surface area contributed by atoms with Crippen molar-refractivity contribution in [3.05, 3.63) is 53.1 Å². The first-order valence-electron chi connectivity index (χ1n) is 8.85. The Kier molecular flexibility index (Phi) is 5.66. The highest BCUT2D eigenvalue weighted by Gasteiger charge is 2.30. The number of ether oxygens (including phenoxy) is 1. The predicted molar refractivity (Wildman–Crippen MR) is 109 cm³/mol. The summed E-state index contributed by atoms with van der Waals surface area (Å²) in [5.74, 6) is 0.242. The summed E-state index contributed by atoms with van der Waals surface area (Å²) in [6, 6.07) is 12.3. The standard InChI is InChI=1S/C19H19ClN2O4S2/c20-16-4-2-1-3-14(16)12-22-17-11-15(5-6-18(17)27-13-19(22)23)28(24,25)21-7-9-26-10-8-21/h1-6,11H,7-10,12-13H2. The van der Waals surface area contributed by atoms with Crippen molar-refractivity contribution in [2.24, 2.45) is 0 Å². The van der Waals surface area contributed by atoms with E-state index in [-0.39, 0.29) is 10.8 Å². The lowest BCUT2D eigenvalue weighted by molar-refractivity contribution is -0.116. The van der Waals surface area contributed by atoms with E-state index in [1.165, 1.54) is 16.1 Å². The maximum Gasteiger partial charge on any atom is 0.243 e. The van der Waals surface area contributed by atoms with Crippen LogP contribution in [0, 0.1) is 0 Å². The molecule has 2 aliphatic rings. The maximum absolute atomic E-state index is 13.0. The Morgan fingerprint density at radius 2 is 1.86 bits per heavy atom. The number of rotatable bonds is 4. The number of fused-ring (bicyclic) bond motifs is 1. The van der Waals surface area contributed by atoms with E-state index in [0.29, 0.717) is 49.3 Å². The molecule has 28 heavy (non-hydrogen) atoms. The van der Waals surface area contributed by atoms with Crippen LogP contribution in [0.15, 0.2) is 52.3 Å². The fourth-order valence-electron chi connectivity index (χ4n) is 3.25. The second-order valence-electron chi connectivity index (χ2n) is 6.51. The highest BCUT2D eigenvalue weighted by Crippen LogP contribution is 2.38. The van der Waals surface area contributed by atoms with Gasteiger partial charge in [0.15, 0.2) is 0 Å². The number of hydrogen-bond donors (Lipinski definition) is 0. The Hall–Kier alpha value is -1.58. The molecule has 0 radical (unpaired) electrons. The van der Waals surface area contributed by atoms with Crippen LogP contribution in [0.3, 0.4) is 0 Å². The third kappa shape index (κ3) is 3.79. The third-order valence-corrected chi connectivity index (χ3v) is 8.08. The second kappa shape index (κ2) is 8.04. The monoisotopic (exact) mass is 438 g/mol. The van der Waals surface area contributed by atoms with E-state index in [1.54, 1.807) is 29.2 Å². The molecule has 0 bridgehead atoms. The van der Waals surface area contributed by atoms with Gasteiger partial charge in [-0.1, -0.05) is 29.8 Å². The van der Waals surface area contributed by atoms with Gasteiger partial charge in [0.05, 0.1) is 36.1 Å². The molecule has 1 amide bonds. The lowest BCUT2D eigenvalue weighted by atomic mass is 10.2. The number of thioether (sulfide) groups is 1. The van der Waals surface area contributed by atoms with Crippen molar-refractivity contribution < 1.29 is 17.9 Å². The number of hydrogen-bond acceptors (Lipinski definition) is 5. The van der Waals surface area contributed by atoms with E-state index in [9.17, 15) is 13.2 Å². The van der Waals surface area contributed by atoms with Crippen LogP contribution in [0.25, 0.3) is 0 Å². The number of amides is 1. The smallest absolute Gasteiger partial charge is 0.243 e. The molecule has 2 aromatic rings. The number of anilines is 1. The molecule has 9 heteroatoms. The van der Waals surface area contributed by atoms with Crippen molar-refractivity contribution in [3.63, 3.8) is 0 Å². The first-order chi connectivity index (χ1) is 13.5. The van der Waals surface area contributed by atoms with Crippen LogP contribution < -0.4 is 4.90 Å².